The van der Waals surface area contributed by atoms with Gasteiger partial charge in [0.25, 0.3) is 6.26 Å². The number of H-pyrrole nitrogens is 1. The number of nitriles is 1. The maximum Gasteiger partial charge on any atom is 0.425 e. The van der Waals surface area contributed by atoms with Gasteiger partial charge in [0, 0.05) is 25.8 Å². The van der Waals surface area contributed by atoms with E-state index >= 15 is 0 Å². The Morgan fingerprint density at radius 1 is 1.57 bits per heavy atom. The van der Waals surface area contributed by atoms with Crippen LogP contribution >= 0.6 is 0 Å². The highest BCUT2D eigenvalue weighted by molar-refractivity contribution is 5.87. The Hall–Kier alpha value is -2.82. The van der Waals surface area contributed by atoms with Crippen LogP contribution in [-0.2, 0) is 4.74 Å². The number of aromatic amines is 1. The van der Waals surface area contributed by atoms with Crippen molar-refractivity contribution in [2.24, 2.45) is 5.92 Å². The zero-order chi connectivity index (χ0) is 16.0. The standard InChI is InChI=1S/C15H16N6O2/c1-10-6-21(14(22)23-8-16)15(10)3-5-20(7-15)13-11-2-4-17-12(11)18-9-19-13/h2,4,9-10H,3,5-7H2,1H3,(H,17,18,19)/t10-,15-/m0/s1. The van der Waals surface area contributed by atoms with E-state index < -0.39 is 6.09 Å². The maximum absolute atomic E-state index is 12.0. The number of hydrogen-bond donors (Lipinski definition) is 1. The Labute approximate surface area is 132 Å². The topological polar surface area (TPSA) is 98.1 Å². The van der Waals surface area contributed by atoms with Crippen molar-refractivity contribution in [3.05, 3.63) is 18.6 Å². The fourth-order valence-electron chi connectivity index (χ4n) is 3.86. The number of nitrogens with zero attached hydrogens (tertiary/aromatic N) is 5. The van der Waals surface area contributed by atoms with E-state index in [0.29, 0.717) is 19.0 Å². The van der Waals surface area contributed by atoms with Crippen molar-refractivity contribution in [3.63, 3.8) is 0 Å². The SMILES string of the molecule is C[C@H]1CN(C(=O)OC#N)[C@]12CCN(c1ncnc3[nH]ccc13)C2. The Kier molecular flexibility index (Phi) is 2.91. The van der Waals surface area contributed by atoms with Crippen molar-refractivity contribution in [3.8, 4) is 6.26 Å². The van der Waals surface area contributed by atoms with Gasteiger partial charge < -0.3 is 14.6 Å². The lowest BCUT2D eigenvalue weighted by Crippen LogP contribution is -2.69. The number of likely N-dealkylation sites (tertiary alicyclic amines) is 1. The lowest BCUT2D eigenvalue weighted by molar-refractivity contribution is -0.0383. The lowest BCUT2D eigenvalue weighted by Gasteiger charge is -2.54. The normalized spacial score (nSPS) is 26.3. The molecule has 1 N–H and O–H groups in total. The number of anilines is 1. The molecule has 2 atom stereocenters. The predicted octanol–water partition coefficient (Wildman–Crippen LogP) is 1.48. The number of nitrogens with one attached hydrogen (secondary N) is 1. The van der Waals surface area contributed by atoms with Gasteiger partial charge in [0.2, 0.25) is 0 Å². The lowest BCUT2D eigenvalue weighted by atomic mass is 9.74. The van der Waals surface area contributed by atoms with Crippen LogP contribution in [0.3, 0.4) is 0 Å². The first-order valence-electron chi connectivity index (χ1n) is 7.56. The summed E-state index contributed by atoms with van der Waals surface area (Å²) in [5.74, 6) is 1.24. The molecule has 2 aromatic heterocycles. The average molecular weight is 312 g/mol. The molecular weight excluding hydrogens is 296 g/mol. The molecular formula is C15H16N6O2. The van der Waals surface area contributed by atoms with Crippen LogP contribution < -0.4 is 4.90 Å². The van der Waals surface area contributed by atoms with Gasteiger partial charge in [-0.15, -0.1) is 5.26 Å². The highest BCUT2D eigenvalue weighted by Gasteiger charge is 2.57. The molecule has 0 radical (unpaired) electrons. The Morgan fingerprint density at radius 2 is 2.43 bits per heavy atom. The van der Waals surface area contributed by atoms with Crippen LogP contribution in [0.4, 0.5) is 10.6 Å². The minimum Gasteiger partial charge on any atom is -0.353 e. The van der Waals surface area contributed by atoms with E-state index in [1.807, 2.05) is 12.3 Å². The third-order valence-corrected chi connectivity index (χ3v) is 5.18. The first-order chi connectivity index (χ1) is 11.2. The quantitative estimate of drug-likeness (QED) is 0.801. The molecule has 4 rings (SSSR count). The molecule has 2 fully saturated rings. The summed E-state index contributed by atoms with van der Waals surface area (Å²) in [4.78, 5) is 27.6. The van der Waals surface area contributed by atoms with Crippen molar-refractivity contribution in [2.45, 2.75) is 18.9 Å². The molecule has 0 saturated carbocycles. The highest BCUT2D eigenvalue weighted by Crippen LogP contribution is 2.45. The predicted molar refractivity (Wildman–Crippen MR) is 81.4 cm³/mol. The van der Waals surface area contributed by atoms with Gasteiger partial charge in [-0.25, -0.2) is 14.8 Å². The molecule has 4 heterocycles. The zero-order valence-electron chi connectivity index (χ0n) is 12.7. The largest absolute Gasteiger partial charge is 0.425 e. The minimum absolute atomic E-state index is 0.276. The van der Waals surface area contributed by atoms with Crippen LogP contribution in [-0.4, -0.2) is 51.1 Å². The van der Waals surface area contributed by atoms with Crippen LogP contribution in [0, 0.1) is 17.4 Å². The Balaban J connectivity index is 1.62. The van der Waals surface area contributed by atoms with Gasteiger partial charge >= 0.3 is 6.09 Å². The number of aromatic nitrogens is 3. The Bertz CT molecular complexity index is 812. The van der Waals surface area contributed by atoms with Gasteiger partial charge in [0.15, 0.2) is 0 Å². The van der Waals surface area contributed by atoms with E-state index in [1.54, 1.807) is 11.2 Å². The summed E-state index contributed by atoms with van der Waals surface area (Å²) >= 11 is 0. The summed E-state index contributed by atoms with van der Waals surface area (Å²) < 4.78 is 4.52. The van der Waals surface area contributed by atoms with Crippen molar-refractivity contribution in [1.29, 1.82) is 5.26 Å². The molecule has 23 heavy (non-hydrogen) atoms. The van der Waals surface area contributed by atoms with E-state index in [1.165, 1.54) is 6.26 Å². The smallest absolute Gasteiger partial charge is 0.353 e. The second-order valence-electron chi connectivity index (χ2n) is 6.18. The fourth-order valence-corrected chi connectivity index (χ4v) is 3.86. The van der Waals surface area contributed by atoms with E-state index in [9.17, 15) is 4.79 Å². The zero-order valence-corrected chi connectivity index (χ0v) is 12.7. The number of rotatable bonds is 1. The van der Waals surface area contributed by atoms with Crippen molar-refractivity contribution >= 4 is 22.9 Å². The molecule has 2 aliphatic heterocycles. The van der Waals surface area contributed by atoms with Gasteiger partial charge in [-0.1, -0.05) is 6.92 Å². The van der Waals surface area contributed by atoms with E-state index in [-0.39, 0.29) is 5.54 Å². The molecule has 1 spiro atoms. The minimum atomic E-state index is -0.554. The second-order valence-corrected chi connectivity index (χ2v) is 6.18. The molecule has 0 aromatic carbocycles. The molecule has 2 saturated heterocycles. The molecule has 8 nitrogen and oxygen atoms in total. The van der Waals surface area contributed by atoms with Crippen LogP contribution in [0.25, 0.3) is 11.0 Å². The molecule has 8 heteroatoms. The number of carbonyl (C=O) groups is 1. The van der Waals surface area contributed by atoms with Crippen LogP contribution in [0.15, 0.2) is 18.6 Å². The number of hydrogen-bond acceptors (Lipinski definition) is 6. The number of fused-ring (bicyclic) bond motifs is 1. The molecule has 0 bridgehead atoms. The van der Waals surface area contributed by atoms with Gasteiger partial charge in [-0.3, -0.25) is 4.90 Å². The summed E-state index contributed by atoms with van der Waals surface area (Å²) in [5, 5.41) is 9.55. The number of ether oxygens (including phenoxy) is 1. The van der Waals surface area contributed by atoms with Crippen LogP contribution in [0.5, 0.6) is 0 Å². The molecule has 0 unspecified atom stereocenters. The average Bonchev–Trinajstić information content (AvgIpc) is 3.20. The number of carbonyl (C=O) groups excluding carboxylic acids is 1. The summed E-state index contributed by atoms with van der Waals surface area (Å²) in [5.41, 5.74) is 0.528. The fraction of sp³-hybridized carbons (Fsp3) is 0.467. The maximum atomic E-state index is 12.0. The Morgan fingerprint density at radius 3 is 3.22 bits per heavy atom. The molecule has 1 amide bonds. The third-order valence-electron chi connectivity index (χ3n) is 5.18. The highest BCUT2D eigenvalue weighted by atomic mass is 16.5. The van der Waals surface area contributed by atoms with E-state index in [2.05, 4.69) is 31.5 Å². The molecule has 118 valence electrons. The van der Waals surface area contributed by atoms with E-state index in [4.69, 9.17) is 5.26 Å². The van der Waals surface area contributed by atoms with Crippen molar-refractivity contribution < 1.29 is 9.53 Å². The molecule has 2 aliphatic rings. The summed E-state index contributed by atoms with van der Waals surface area (Å²) in [6, 6.07) is 1.96. The summed E-state index contributed by atoms with van der Waals surface area (Å²) in [6.45, 7) is 4.24. The third kappa shape index (κ3) is 1.86. The van der Waals surface area contributed by atoms with Gasteiger partial charge in [-0.2, -0.15) is 0 Å². The summed E-state index contributed by atoms with van der Waals surface area (Å²) in [6.07, 6.45) is 5.15. The van der Waals surface area contributed by atoms with Gasteiger partial charge in [-0.05, 0) is 18.4 Å². The van der Waals surface area contributed by atoms with Crippen LogP contribution in [0.2, 0.25) is 0 Å². The van der Waals surface area contributed by atoms with Gasteiger partial charge in [0.05, 0.1) is 10.9 Å². The second kappa shape index (κ2) is 4.84. The molecule has 2 aromatic rings. The molecule has 0 aliphatic carbocycles. The monoisotopic (exact) mass is 312 g/mol. The summed E-state index contributed by atoms with van der Waals surface area (Å²) in [7, 11) is 0. The first kappa shape index (κ1) is 13.8. The first-order valence-corrected chi connectivity index (χ1v) is 7.56. The van der Waals surface area contributed by atoms with Crippen LogP contribution in [0.1, 0.15) is 13.3 Å². The number of amides is 1. The van der Waals surface area contributed by atoms with Crippen molar-refractivity contribution in [2.75, 3.05) is 24.5 Å². The van der Waals surface area contributed by atoms with Gasteiger partial charge in [0.1, 0.15) is 17.8 Å². The van der Waals surface area contributed by atoms with E-state index in [0.717, 1.165) is 29.8 Å². The van der Waals surface area contributed by atoms with Crippen molar-refractivity contribution in [1.82, 2.24) is 19.9 Å².